The zero-order valence-electron chi connectivity index (χ0n) is 12.6. The topological polar surface area (TPSA) is 49.4 Å². The lowest BCUT2D eigenvalue weighted by Crippen LogP contribution is -2.28. The summed E-state index contributed by atoms with van der Waals surface area (Å²) in [5.41, 5.74) is 2.79. The van der Waals surface area contributed by atoms with Gasteiger partial charge in [-0.3, -0.25) is 9.59 Å². The van der Waals surface area contributed by atoms with E-state index in [0.29, 0.717) is 6.54 Å². The van der Waals surface area contributed by atoms with Crippen LogP contribution in [0.5, 0.6) is 0 Å². The second-order valence-electron chi connectivity index (χ2n) is 5.67. The first-order chi connectivity index (χ1) is 10.6. The molecule has 0 saturated heterocycles. The van der Waals surface area contributed by atoms with Crippen LogP contribution in [0.2, 0.25) is 0 Å². The summed E-state index contributed by atoms with van der Waals surface area (Å²) in [6.45, 7) is 4.40. The monoisotopic (exact) mass is 314 g/mol. The number of hydrogen-bond acceptors (Lipinski definition) is 3. The first kappa shape index (κ1) is 14.8. The third kappa shape index (κ3) is 2.76. The summed E-state index contributed by atoms with van der Waals surface area (Å²) in [6.07, 6.45) is 0.852. The van der Waals surface area contributed by atoms with Gasteiger partial charge in [0.2, 0.25) is 5.91 Å². The minimum absolute atomic E-state index is 0.0194. The first-order valence-electron chi connectivity index (χ1n) is 7.35. The molecule has 0 spiro atoms. The highest BCUT2D eigenvalue weighted by Crippen LogP contribution is 2.32. The Balaban J connectivity index is 1.86. The van der Waals surface area contributed by atoms with Crippen LogP contribution < -0.4 is 10.2 Å². The molecule has 1 aliphatic rings. The van der Waals surface area contributed by atoms with Crippen molar-refractivity contribution in [1.82, 2.24) is 0 Å². The van der Waals surface area contributed by atoms with Crippen molar-refractivity contribution >= 4 is 34.5 Å². The van der Waals surface area contributed by atoms with E-state index < -0.39 is 0 Å². The molecule has 0 aliphatic carbocycles. The van der Waals surface area contributed by atoms with E-state index in [1.165, 1.54) is 11.3 Å². The van der Waals surface area contributed by atoms with E-state index in [4.69, 9.17) is 0 Å². The number of carbonyl (C=O) groups is 2. The fourth-order valence-electron chi connectivity index (χ4n) is 2.49. The van der Waals surface area contributed by atoms with Crippen molar-refractivity contribution in [2.75, 3.05) is 16.8 Å². The smallest absolute Gasteiger partial charge is 0.268 e. The van der Waals surface area contributed by atoms with E-state index >= 15 is 0 Å². The number of thiophene rings is 1. The fraction of sp³-hybridized carbons (Fsp3) is 0.294. The zero-order valence-corrected chi connectivity index (χ0v) is 13.4. The molecule has 2 heterocycles. The van der Waals surface area contributed by atoms with Gasteiger partial charge >= 0.3 is 0 Å². The van der Waals surface area contributed by atoms with Crippen LogP contribution in [0, 0.1) is 5.92 Å². The number of anilines is 2. The second kappa shape index (κ2) is 5.93. The number of benzene rings is 1. The lowest BCUT2D eigenvalue weighted by molar-refractivity contribution is -0.118. The van der Waals surface area contributed by atoms with E-state index in [0.717, 1.165) is 28.2 Å². The molecule has 0 atom stereocenters. The number of hydrogen-bond donors (Lipinski definition) is 1. The van der Waals surface area contributed by atoms with Crippen molar-refractivity contribution in [2.45, 2.75) is 20.3 Å². The third-order valence-electron chi connectivity index (χ3n) is 3.75. The molecule has 0 fully saturated rings. The molecule has 1 aliphatic heterocycles. The Morgan fingerprint density at radius 1 is 1.27 bits per heavy atom. The van der Waals surface area contributed by atoms with Gasteiger partial charge < -0.3 is 10.2 Å². The molecule has 2 amide bonds. The number of carbonyl (C=O) groups excluding carboxylic acids is 2. The molecule has 1 N–H and O–H groups in total. The molecule has 0 saturated carbocycles. The van der Waals surface area contributed by atoms with E-state index in [2.05, 4.69) is 5.32 Å². The molecule has 22 heavy (non-hydrogen) atoms. The van der Waals surface area contributed by atoms with Crippen molar-refractivity contribution in [3.05, 3.63) is 46.2 Å². The van der Waals surface area contributed by atoms with Gasteiger partial charge in [-0.1, -0.05) is 26.0 Å². The highest BCUT2D eigenvalue weighted by Gasteiger charge is 2.26. The molecule has 1 aromatic carbocycles. The van der Waals surface area contributed by atoms with Crippen LogP contribution in [0.25, 0.3) is 0 Å². The van der Waals surface area contributed by atoms with E-state index in [9.17, 15) is 9.59 Å². The predicted molar refractivity (Wildman–Crippen MR) is 89.6 cm³/mol. The van der Waals surface area contributed by atoms with Gasteiger partial charge in [0.25, 0.3) is 5.91 Å². The molecule has 0 unspecified atom stereocenters. The van der Waals surface area contributed by atoms with Crippen LogP contribution in [0.4, 0.5) is 11.4 Å². The van der Waals surface area contributed by atoms with E-state index in [1.54, 1.807) is 4.90 Å². The number of fused-ring (bicyclic) bond motifs is 1. The molecule has 1 aromatic heterocycles. The summed E-state index contributed by atoms with van der Waals surface area (Å²) in [5, 5.41) is 4.80. The van der Waals surface area contributed by atoms with Crippen LogP contribution in [0.3, 0.4) is 0 Å². The summed E-state index contributed by atoms with van der Waals surface area (Å²) in [6, 6.07) is 9.52. The minimum Gasteiger partial charge on any atom is -0.326 e. The third-order valence-corrected chi connectivity index (χ3v) is 4.61. The number of nitrogens with one attached hydrogen (secondary N) is 1. The molecule has 2 aromatic rings. The van der Waals surface area contributed by atoms with E-state index in [1.807, 2.05) is 49.6 Å². The average Bonchev–Trinajstić information content (AvgIpc) is 3.15. The minimum atomic E-state index is -0.0721. The average molecular weight is 314 g/mol. The van der Waals surface area contributed by atoms with E-state index in [-0.39, 0.29) is 17.7 Å². The lowest BCUT2D eigenvalue weighted by Gasteiger charge is -2.17. The SMILES string of the molecule is CC(C)C(=O)Nc1ccc2c(c1)N(C(=O)c1cccs1)CC2. The predicted octanol–water partition coefficient (Wildman–Crippen LogP) is 3.55. The van der Waals surface area contributed by atoms with Crippen LogP contribution in [-0.2, 0) is 11.2 Å². The summed E-state index contributed by atoms with van der Waals surface area (Å²) < 4.78 is 0. The Bertz CT molecular complexity index is 707. The zero-order chi connectivity index (χ0) is 15.7. The maximum atomic E-state index is 12.6. The molecule has 4 nitrogen and oxygen atoms in total. The summed E-state index contributed by atoms with van der Waals surface area (Å²) in [5.74, 6) is -0.0627. The number of amides is 2. The fourth-order valence-corrected chi connectivity index (χ4v) is 3.16. The highest BCUT2D eigenvalue weighted by molar-refractivity contribution is 7.12. The van der Waals surface area contributed by atoms with Crippen molar-refractivity contribution in [3.8, 4) is 0 Å². The van der Waals surface area contributed by atoms with Gasteiger partial charge in [-0.05, 0) is 35.6 Å². The quantitative estimate of drug-likeness (QED) is 0.942. The molecule has 5 heteroatoms. The Hall–Kier alpha value is -2.14. The first-order valence-corrected chi connectivity index (χ1v) is 8.23. The standard InChI is InChI=1S/C17H18N2O2S/c1-11(2)16(20)18-13-6-5-12-7-8-19(14(12)10-13)17(21)15-4-3-9-22-15/h3-6,9-11H,7-8H2,1-2H3,(H,18,20). The second-order valence-corrected chi connectivity index (χ2v) is 6.62. The van der Waals surface area contributed by atoms with Crippen molar-refractivity contribution < 1.29 is 9.59 Å². The van der Waals surface area contributed by atoms with Crippen molar-refractivity contribution in [1.29, 1.82) is 0 Å². The van der Waals surface area contributed by atoms with Crippen LogP contribution >= 0.6 is 11.3 Å². The largest absolute Gasteiger partial charge is 0.326 e. The van der Waals surface area contributed by atoms with Crippen LogP contribution in [0.1, 0.15) is 29.1 Å². The summed E-state index contributed by atoms with van der Waals surface area (Å²) in [7, 11) is 0. The number of rotatable bonds is 3. The Kier molecular flexibility index (Phi) is 3.98. The maximum absolute atomic E-state index is 12.6. The van der Waals surface area contributed by atoms with Gasteiger partial charge in [-0.25, -0.2) is 0 Å². The van der Waals surface area contributed by atoms with Crippen LogP contribution in [-0.4, -0.2) is 18.4 Å². The molecule has 0 bridgehead atoms. The van der Waals surface area contributed by atoms with Gasteiger partial charge in [0, 0.05) is 23.8 Å². The highest BCUT2D eigenvalue weighted by atomic mass is 32.1. The lowest BCUT2D eigenvalue weighted by atomic mass is 10.1. The van der Waals surface area contributed by atoms with Crippen LogP contribution in [0.15, 0.2) is 35.7 Å². The Morgan fingerprint density at radius 2 is 2.09 bits per heavy atom. The van der Waals surface area contributed by atoms with Gasteiger partial charge in [0.05, 0.1) is 4.88 Å². The molecule has 0 radical (unpaired) electrons. The van der Waals surface area contributed by atoms with Crippen molar-refractivity contribution in [2.24, 2.45) is 5.92 Å². The summed E-state index contributed by atoms with van der Waals surface area (Å²) in [4.78, 5) is 26.9. The molecule has 3 rings (SSSR count). The number of nitrogens with zero attached hydrogens (tertiary/aromatic N) is 1. The summed E-state index contributed by atoms with van der Waals surface area (Å²) >= 11 is 1.45. The molecule has 114 valence electrons. The van der Waals surface area contributed by atoms with Gasteiger partial charge in [-0.15, -0.1) is 11.3 Å². The van der Waals surface area contributed by atoms with Gasteiger partial charge in [0.1, 0.15) is 0 Å². The van der Waals surface area contributed by atoms with Gasteiger partial charge in [0.15, 0.2) is 0 Å². The normalized spacial score (nSPS) is 13.3. The molecular weight excluding hydrogens is 296 g/mol. The Morgan fingerprint density at radius 3 is 2.77 bits per heavy atom. The maximum Gasteiger partial charge on any atom is 0.268 e. The molecular formula is C17H18N2O2S. The Labute approximate surface area is 133 Å². The van der Waals surface area contributed by atoms with Gasteiger partial charge in [-0.2, -0.15) is 0 Å². The van der Waals surface area contributed by atoms with Crippen molar-refractivity contribution in [3.63, 3.8) is 0 Å².